The zero-order valence-corrected chi connectivity index (χ0v) is 10.3. The molecule has 0 saturated carbocycles. The molecular weight excluding hydrogens is 189 g/mol. The van der Waals surface area contributed by atoms with E-state index in [2.05, 4.69) is 24.8 Å². The quantitative estimate of drug-likeness (QED) is 0.603. The molecule has 0 aromatic rings. The Morgan fingerprint density at radius 1 is 1.20 bits per heavy atom. The molecule has 0 spiro atoms. The predicted octanol–water partition coefficient (Wildman–Crippen LogP) is 4.11. The molecule has 0 radical (unpaired) electrons. The lowest BCUT2D eigenvalue weighted by Crippen LogP contribution is -2.18. The van der Waals surface area contributed by atoms with Crippen molar-refractivity contribution < 1.29 is 4.70 Å². The largest absolute Gasteiger partial charge is 0.375 e. The van der Waals surface area contributed by atoms with Crippen molar-refractivity contribution in [1.29, 1.82) is 0 Å². The number of hydrogen-bond acceptors (Lipinski definition) is 1. The Kier molecular flexibility index (Phi) is 8.44. The fourth-order valence-electron chi connectivity index (χ4n) is 2.06. The van der Waals surface area contributed by atoms with Gasteiger partial charge in [0.05, 0.1) is 0 Å². The van der Waals surface area contributed by atoms with Crippen LogP contribution in [0.3, 0.4) is 0 Å². The Bertz CT molecular complexity index is 177. The molecule has 1 rings (SSSR count). The van der Waals surface area contributed by atoms with Crippen molar-refractivity contribution in [1.82, 2.24) is 4.90 Å². The Hall–Kier alpha value is -0.530. The number of nitrogens with zero attached hydrogens (tertiary/aromatic N) is 1. The van der Waals surface area contributed by atoms with Gasteiger partial charge in [-0.3, -0.25) is 4.70 Å². The SMILES string of the molecule is CCCCC=C1CCCN1CCCC.F. The highest BCUT2D eigenvalue weighted by atomic mass is 19.0. The summed E-state index contributed by atoms with van der Waals surface area (Å²) in [6.45, 7) is 7.13. The molecule has 1 saturated heterocycles. The van der Waals surface area contributed by atoms with Crippen LogP contribution in [0, 0.1) is 0 Å². The molecular formula is C13H26FN. The predicted molar refractivity (Wildman–Crippen MR) is 65.8 cm³/mol. The van der Waals surface area contributed by atoms with Crippen molar-refractivity contribution in [3.8, 4) is 0 Å². The second-order valence-corrected chi connectivity index (χ2v) is 4.28. The third-order valence-electron chi connectivity index (χ3n) is 2.99. The van der Waals surface area contributed by atoms with Gasteiger partial charge in [-0.2, -0.15) is 0 Å². The molecule has 0 atom stereocenters. The van der Waals surface area contributed by atoms with Crippen molar-refractivity contribution in [2.75, 3.05) is 13.1 Å². The van der Waals surface area contributed by atoms with E-state index in [0.29, 0.717) is 0 Å². The molecule has 0 aromatic carbocycles. The summed E-state index contributed by atoms with van der Waals surface area (Å²) >= 11 is 0. The number of likely N-dealkylation sites (tertiary alicyclic amines) is 1. The molecule has 1 aliphatic rings. The van der Waals surface area contributed by atoms with Gasteiger partial charge in [0.25, 0.3) is 0 Å². The third-order valence-corrected chi connectivity index (χ3v) is 2.99. The summed E-state index contributed by atoms with van der Waals surface area (Å²) in [7, 11) is 0. The highest BCUT2D eigenvalue weighted by Gasteiger charge is 2.14. The van der Waals surface area contributed by atoms with E-state index < -0.39 is 0 Å². The second-order valence-electron chi connectivity index (χ2n) is 4.28. The number of allylic oxidation sites excluding steroid dienone is 2. The van der Waals surface area contributed by atoms with Gasteiger partial charge in [0.15, 0.2) is 0 Å². The summed E-state index contributed by atoms with van der Waals surface area (Å²) < 4.78 is 0. The summed E-state index contributed by atoms with van der Waals surface area (Å²) in [5, 5.41) is 0. The maximum absolute atomic E-state index is 2.60. The molecule has 2 heteroatoms. The van der Waals surface area contributed by atoms with Crippen LogP contribution in [0.4, 0.5) is 4.70 Å². The first-order chi connectivity index (χ1) is 6.88. The molecule has 90 valence electrons. The lowest BCUT2D eigenvalue weighted by molar-refractivity contribution is 0.381. The summed E-state index contributed by atoms with van der Waals surface area (Å²) in [5.41, 5.74) is 1.63. The van der Waals surface area contributed by atoms with E-state index in [1.165, 1.54) is 58.0 Å². The van der Waals surface area contributed by atoms with Gasteiger partial charge in [-0.15, -0.1) is 0 Å². The number of hydrogen-bond donors (Lipinski definition) is 0. The average molecular weight is 215 g/mol. The smallest absolute Gasteiger partial charge is 0.0178 e. The van der Waals surface area contributed by atoms with Gasteiger partial charge in [0.2, 0.25) is 0 Å². The summed E-state index contributed by atoms with van der Waals surface area (Å²) in [6, 6.07) is 0. The fraction of sp³-hybridized carbons (Fsp3) is 0.846. The number of halogens is 1. The fourth-order valence-corrected chi connectivity index (χ4v) is 2.06. The first-order valence-electron chi connectivity index (χ1n) is 6.32. The Morgan fingerprint density at radius 3 is 2.60 bits per heavy atom. The molecule has 1 aliphatic heterocycles. The first-order valence-corrected chi connectivity index (χ1v) is 6.32. The van der Waals surface area contributed by atoms with E-state index >= 15 is 0 Å². The van der Waals surface area contributed by atoms with Crippen LogP contribution < -0.4 is 0 Å². The summed E-state index contributed by atoms with van der Waals surface area (Å²) in [4.78, 5) is 2.60. The minimum atomic E-state index is 0. The lowest BCUT2D eigenvalue weighted by atomic mass is 10.2. The normalized spacial score (nSPS) is 18.3. The topological polar surface area (TPSA) is 3.24 Å². The lowest BCUT2D eigenvalue weighted by Gasteiger charge is -2.19. The Morgan fingerprint density at radius 2 is 1.93 bits per heavy atom. The third kappa shape index (κ3) is 5.19. The number of unbranched alkanes of at least 4 members (excludes halogenated alkanes) is 3. The molecule has 0 bridgehead atoms. The van der Waals surface area contributed by atoms with Gasteiger partial charge in [-0.05, 0) is 25.7 Å². The minimum Gasteiger partial charge on any atom is -0.375 e. The monoisotopic (exact) mass is 215 g/mol. The Labute approximate surface area is 93.9 Å². The summed E-state index contributed by atoms with van der Waals surface area (Å²) in [6.07, 6.45) is 11.8. The van der Waals surface area contributed by atoms with Gasteiger partial charge in [-0.25, -0.2) is 0 Å². The molecule has 1 nitrogen and oxygen atoms in total. The van der Waals surface area contributed by atoms with Crippen LogP contribution in [0.1, 0.15) is 58.8 Å². The summed E-state index contributed by atoms with van der Waals surface area (Å²) in [5.74, 6) is 0. The van der Waals surface area contributed by atoms with Gasteiger partial charge in [0.1, 0.15) is 0 Å². The van der Waals surface area contributed by atoms with Crippen molar-refractivity contribution >= 4 is 0 Å². The van der Waals surface area contributed by atoms with Crippen molar-refractivity contribution in [3.63, 3.8) is 0 Å². The van der Waals surface area contributed by atoms with Crippen molar-refractivity contribution in [3.05, 3.63) is 11.8 Å². The number of rotatable bonds is 6. The molecule has 1 fully saturated rings. The van der Waals surface area contributed by atoms with E-state index in [0.717, 1.165) is 0 Å². The molecule has 0 aliphatic carbocycles. The molecule has 0 unspecified atom stereocenters. The van der Waals surface area contributed by atoms with E-state index in [1.807, 2.05) is 0 Å². The van der Waals surface area contributed by atoms with Crippen LogP contribution in [-0.2, 0) is 0 Å². The maximum Gasteiger partial charge on any atom is 0.0178 e. The Balaban J connectivity index is 0.00000196. The zero-order chi connectivity index (χ0) is 10.2. The van der Waals surface area contributed by atoms with E-state index in [9.17, 15) is 0 Å². The van der Waals surface area contributed by atoms with Crippen LogP contribution in [0.5, 0.6) is 0 Å². The average Bonchev–Trinajstić information content (AvgIpc) is 2.63. The van der Waals surface area contributed by atoms with Crippen LogP contribution in [0.15, 0.2) is 11.8 Å². The van der Waals surface area contributed by atoms with E-state index in [-0.39, 0.29) is 4.70 Å². The highest BCUT2D eigenvalue weighted by molar-refractivity contribution is 5.05. The highest BCUT2D eigenvalue weighted by Crippen LogP contribution is 2.22. The molecule has 15 heavy (non-hydrogen) atoms. The van der Waals surface area contributed by atoms with Crippen LogP contribution >= 0.6 is 0 Å². The van der Waals surface area contributed by atoms with Crippen molar-refractivity contribution in [2.24, 2.45) is 0 Å². The second kappa shape index (κ2) is 8.75. The molecule has 1 heterocycles. The van der Waals surface area contributed by atoms with E-state index in [1.54, 1.807) is 5.70 Å². The van der Waals surface area contributed by atoms with Crippen LogP contribution in [0.2, 0.25) is 0 Å². The molecule has 0 aromatic heterocycles. The van der Waals surface area contributed by atoms with Crippen LogP contribution in [0.25, 0.3) is 0 Å². The van der Waals surface area contributed by atoms with Gasteiger partial charge in [0, 0.05) is 18.8 Å². The van der Waals surface area contributed by atoms with Crippen molar-refractivity contribution in [2.45, 2.75) is 58.8 Å². The van der Waals surface area contributed by atoms with Gasteiger partial charge < -0.3 is 4.90 Å². The minimum absolute atomic E-state index is 0. The molecule has 0 N–H and O–H groups in total. The zero-order valence-electron chi connectivity index (χ0n) is 10.3. The van der Waals surface area contributed by atoms with Gasteiger partial charge in [-0.1, -0.05) is 39.2 Å². The standard InChI is InChI=1S/C13H25N.FH/c1-3-5-7-9-13-10-8-12-14(13)11-6-4-2;/h9H,3-8,10-12H2,1-2H3;1H. The maximum atomic E-state index is 2.60. The first kappa shape index (κ1) is 14.5. The molecule has 0 amide bonds. The van der Waals surface area contributed by atoms with E-state index in [4.69, 9.17) is 0 Å². The van der Waals surface area contributed by atoms with Crippen LogP contribution in [-0.4, -0.2) is 18.0 Å². The van der Waals surface area contributed by atoms with Gasteiger partial charge >= 0.3 is 0 Å².